The van der Waals surface area contributed by atoms with Crippen LogP contribution in [0.15, 0.2) is 42.9 Å². The molecule has 0 spiro atoms. The van der Waals surface area contributed by atoms with Crippen LogP contribution in [0.2, 0.25) is 0 Å². The highest BCUT2D eigenvalue weighted by molar-refractivity contribution is 6.41. The van der Waals surface area contributed by atoms with Crippen LogP contribution in [-0.4, -0.2) is 51.3 Å². The first-order valence-electron chi connectivity index (χ1n) is 13.0. The Labute approximate surface area is 230 Å². The van der Waals surface area contributed by atoms with Gasteiger partial charge in [0.05, 0.1) is 11.3 Å². The van der Waals surface area contributed by atoms with E-state index in [-0.39, 0.29) is 5.91 Å². The fourth-order valence-corrected chi connectivity index (χ4v) is 4.90. The summed E-state index contributed by atoms with van der Waals surface area (Å²) in [5.74, 6) is -5.93. The maximum atomic E-state index is 12.1. The summed E-state index contributed by atoms with van der Waals surface area (Å²) in [6, 6.07) is 8.23. The highest BCUT2D eigenvalue weighted by Gasteiger charge is 2.54. The molecule has 0 aromatic carbocycles. The molecule has 13 heteroatoms. The van der Waals surface area contributed by atoms with Gasteiger partial charge in [0.25, 0.3) is 5.91 Å². The number of H-pyrrole nitrogens is 1. The number of carbonyl (C=O) groups is 3. The van der Waals surface area contributed by atoms with Crippen LogP contribution in [0, 0.1) is 5.92 Å². The van der Waals surface area contributed by atoms with E-state index >= 15 is 0 Å². The second kappa shape index (κ2) is 12.2. The van der Waals surface area contributed by atoms with Gasteiger partial charge in [-0.1, -0.05) is 25.7 Å². The molecule has 1 amide bonds. The molecule has 218 valence electrons. The van der Waals surface area contributed by atoms with Crippen molar-refractivity contribution in [1.82, 2.24) is 20.3 Å². The van der Waals surface area contributed by atoms with Crippen molar-refractivity contribution in [2.75, 3.05) is 6.54 Å². The van der Waals surface area contributed by atoms with E-state index in [2.05, 4.69) is 32.4 Å². The van der Waals surface area contributed by atoms with Crippen molar-refractivity contribution in [2.45, 2.75) is 57.3 Å². The number of nitrogens with one attached hydrogen (secondary N) is 2. The minimum absolute atomic E-state index is 0.00203. The number of Topliss-reactive ketones (excluding diaryl/α,β-unsaturated/α-hetero) is 2. The fourth-order valence-electron chi connectivity index (χ4n) is 4.90. The Kier molecular flexibility index (Phi) is 8.93. The Morgan fingerprint density at radius 3 is 2.24 bits per heavy atom. The van der Waals surface area contributed by atoms with E-state index < -0.39 is 23.9 Å². The molecule has 41 heavy (non-hydrogen) atoms. The van der Waals surface area contributed by atoms with Crippen LogP contribution in [0.4, 0.5) is 26.3 Å². The zero-order chi connectivity index (χ0) is 29.8. The van der Waals surface area contributed by atoms with Crippen LogP contribution in [0.5, 0.6) is 0 Å². The van der Waals surface area contributed by atoms with Crippen molar-refractivity contribution >= 4 is 17.5 Å². The average Bonchev–Trinajstić information content (AvgIpc) is 3.62. The van der Waals surface area contributed by atoms with Gasteiger partial charge in [0.15, 0.2) is 0 Å². The number of aromatic nitrogens is 3. The topological polar surface area (TPSA) is 105 Å². The summed E-state index contributed by atoms with van der Waals surface area (Å²) in [5, 5.41) is 2.90. The lowest BCUT2D eigenvalue weighted by Crippen LogP contribution is -2.39. The van der Waals surface area contributed by atoms with Gasteiger partial charge in [-0.05, 0) is 48.6 Å². The molecule has 0 atom stereocenters. The summed E-state index contributed by atoms with van der Waals surface area (Å²) >= 11 is 0. The first-order chi connectivity index (χ1) is 19.3. The molecule has 4 heterocycles. The molecular formula is C28H26F6N4O3. The van der Waals surface area contributed by atoms with E-state index in [0.717, 1.165) is 52.5 Å². The average molecular weight is 581 g/mol. The summed E-state index contributed by atoms with van der Waals surface area (Å²) in [6.07, 6.45) is 2.90. The number of pyridine rings is 2. The number of alkyl halides is 6. The highest BCUT2D eigenvalue weighted by Crippen LogP contribution is 2.30. The number of aromatic amines is 1. The molecule has 7 nitrogen and oxygen atoms in total. The lowest BCUT2D eigenvalue weighted by Gasteiger charge is -2.11. The van der Waals surface area contributed by atoms with Gasteiger partial charge in [0.2, 0.25) is 0 Å². The van der Waals surface area contributed by atoms with E-state index in [4.69, 9.17) is 0 Å². The van der Waals surface area contributed by atoms with Crippen molar-refractivity contribution in [1.29, 1.82) is 0 Å². The third-order valence-electron chi connectivity index (χ3n) is 7.00. The molecule has 0 unspecified atom stereocenters. The van der Waals surface area contributed by atoms with Gasteiger partial charge < -0.3 is 10.3 Å². The van der Waals surface area contributed by atoms with Gasteiger partial charge in [-0.15, -0.1) is 0 Å². The molecule has 3 aromatic rings. The number of hydrogen-bond acceptors (Lipinski definition) is 5. The summed E-state index contributed by atoms with van der Waals surface area (Å²) in [4.78, 5) is 43.8. The molecule has 1 aliphatic carbocycles. The van der Waals surface area contributed by atoms with Gasteiger partial charge in [0.1, 0.15) is 0 Å². The second-order valence-electron chi connectivity index (χ2n) is 9.94. The maximum absolute atomic E-state index is 12.1. The number of aryl methyl sites for hydroxylation is 1. The van der Waals surface area contributed by atoms with Crippen molar-refractivity contribution < 1.29 is 40.7 Å². The summed E-state index contributed by atoms with van der Waals surface area (Å²) < 4.78 is 67.0. The Morgan fingerprint density at radius 1 is 0.927 bits per heavy atom. The quantitative estimate of drug-likeness (QED) is 0.284. The minimum atomic E-state index is -5.77. The number of halogens is 6. The molecule has 5 rings (SSSR count). The number of rotatable bonds is 6. The highest BCUT2D eigenvalue weighted by atomic mass is 19.4. The van der Waals surface area contributed by atoms with Crippen LogP contribution in [0.3, 0.4) is 0 Å². The largest absolute Gasteiger partial charge is 0.458 e. The zero-order valence-electron chi connectivity index (χ0n) is 21.7. The minimum Gasteiger partial charge on any atom is -0.358 e. The zero-order valence-corrected chi connectivity index (χ0v) is 21.7. The molecule has 0 saturated heterocycles. The number of amides is 1. The summed E-state index contributed by atoms with van der Waals surface area (Å²) in [5.41, 5.74) is 7.00. The van der Waals surface area contributed by atoms with Gasteiger partial charge in [-0.3, -0.25) is 24.4 Å². The summed E-state index contributed by atoms with van der Waals surface area (Å²) in [7, 11) is 0. The first kappa shape index (κ1) is 29.9. The van der Waals surface area contributed by atoms with Crippen molar-refractivity contribution in [3.05, 3.63) is 59.7 Å². The smallest absolute Gasteiger partial charge is 0.358 e. The van der Waals surface area contributed by atoms with Gasteiger partial charge in [-0.25, -0.2) is 0 Å². The normalized spacial score (nSPS) is 15.5. The van der Waals surface area contributed by atoms with E-state index in [9.17, 15) is 40.7 Å². The Hall–Kier alpha value is -4.03. The molecular weight excluding hydrogens is 554 g/mol. The van der Waals surface area contributed by atoms with Gasteiger partial charge in [0, 0.05) is 54.1 Å². The van der Waals surface area contributed by atoms with Crippen molar-refractivity contribution in [3.63, 3.8) is 0 Å². The summed E-state index contributed by atoms with van der Waals surface area (Å²) in [6.45, 7) is 0.687. The molecule has 2 aliphatic rings. The lowest BCUT2D eigenvalue weighted by atomic mass is 9.98. The monoisotopic (exact) mass is 580 g/mol. The molecule has 0 radical (unpaired) electrons. The van der Waals surface area contributed by atoms with Crippen LogP contribution >= 0.6 is 0 Å². The first-order valence-corrected chi connectivity index (χ1v) is 13.0. The van der Waals surface area contributed by atoms with Crippen LogP contribution in [-0.2, 0) is 22.4 Å². The number of carbonyl (C=O) groups excluding carboxylic acids is 3. The van der Waals surface area contributed by atoms with Crippen molar-refractivity contribution in [2.24, 2.45) is 5.92 Å². The predicted octanol–water partition coefficient (Wildman–Crippen LogP) is 5.80. The van der Waals surface area contributed by atoms with Crippen LogP contribution in [0.25, 0.3) is 22.5 Å². The van der Waals surface area contributed by atoms with Crippen molar-refractivity contribution in [3.8, 4) is 22.5 Å². The number of hydrogen-bond donors (Lipinski definition) is 2. The molecule has 3 aromatic heterocycles. The SMILES string of the molecule is O=C(C(=O)C(F)(F)F)C(F)(F)F.O=C1NCCc2[nH]c(-c3ccnc(-c4cncc(CCC5CCCC5)c4)c3)cc21. The van der Waals surface area contributed by atoms with Gasteiger partial charge in [-0.2, -0.15) is 26.3 Å². The maximum Gasteiger partial charge on any atom is 0.458 e. The van der Waals surface area contributed by atoms with Crippen LogP contribution < -0.4 is 5.32 Å². The van der Waals surface area contributed by atoms with E-state index in [1.54, 1.807) is 0 Å². The molecule has 1 aliphatic heterocycles. The fraction of sp³-hybridized carbons (Fsp3) is 0.393. The third kappa shape index (κ3) is 7.59. The Morgan fingerprint density at radius 2 is 1.61 bits per heavy atom. The number of nitrogens with zero attached hydrogens (tertiary/aromatic N) is 2. The number of ketones is 2. The predicted molar refractivity (Wildman–Crippen MR) is 136 cm³/mol. The standard InChI is InChI=1S/C24H26N4O.C4F6O2/c29-24-20-13-23(28-21(20)8-10-27-24)18-7-9-26-22(12-18)19-11-17(14-25-15-19)6-5-16-3-1-2-4-16;5-3(6,7)1(11)2(12)4(8,9)10/h7,9,11-16,28H,1-6,8,10H2,(H,27,29);. The van der Waals surface area contributed by atoms with Gasteiger partial charge >= 0.3 is 23.9 Å². The van der Waals surface area contributed by atoms with E-state index in [1.165, 1.54) is 37.7 Å². The molecule has 1 fully saturated rings. The van der Waals surface area contributed by atoms with Crippen LogP contribution in [0.1, 0.15) is 53.7 Å². The molecule has 1 saturated carbocycles. The van der Waals surface area contributed by atoms with E-state index in [0.29, 0.717) is 6.54 Å². The lowest BCUT2D eigenvalue weighted by molar-refractivity contribution is -0.193. The second-order valence-corrected chi connectivity index (χ2v) is 9.94. The van der Waals surface area contributed by atoms with E-state index in [1.807, 2.05) is 30.7 Å². The third-order valence-corrected chi connectivity index (χ3v) is 7.00. The number of fused-ring (bicyclic) bond motifs is 1. The Bertz CT molecular complexity index is 1400. The Balaban J connectivity index is 0.000000275. The molecule has 2 N–H and O–H groups in total. The molecule has 0 bridgehead atoms.